The average molecular weight is 546 g/mol. The first kappa shape index (κ1) is 24.4. The van der Waals surface area contributed by atoms with Crippen molar-refractivity contribution in [2.45, 2.75) is 36.6 Å². The van der Waals surface area contributed by atoms with Gasteiger partial charge in [-0.15, -0.1) is 0 Å². The Morgan fingerprint density at radius 2 is 1.74 bits per heavy atom. The maximum absolute atomic E-state index is 13.8. The number of fused-ring (bicyclic) bond motifs is 2. The number of anilines is 2. The zero-order chi connectivity index (χ0) is 26.6. The van der Waals surface area contributed by atoms with Gasteiger partial charge in [-0.3, -0.25) is 23.7 Å². The highest BCUT2D eigenvalue weighted by Crippen LogP contribution is 2.53. The molecule has 0 bridgehead atoms. The van der Waals surface area contributed by atoms with Crippen molar-refractivity contribution in [3.05, 3.63) is 98.4 Å². The van der Waals surface area contributed by atoms with Crippen molar-refractivity contribution in [3.8, 4) is 0 Å². The minimum atomic E-state index is -0.758. The number of para-hydroxylation sites is 1. The summed E-state index contributed by atoms with van der Waals surface area (Å²) in [5.41, 5.74) is 3.10. The number of nitrogens with one attached hydrogen (secondary N) is 1. The Morgan fingerprint density at radius 3 is 2.45 bits per heavy atom. The Hall–Kier alpha value is -3.89. The van der Waals surface area contributed by atoms with Crippen LogP contribution in [0.2, 0.25) is 0 Å². The van der Waals surface area contributed by atoms with Gasteiger partial charge in [0.25, 0.3) is 0 Å². The first-order chi connectivity index (χ1) is 18.3. The molecular weight excluding hydrogens is 522 g/mol. The van der Waals surface area contributed by atoms with Crippen LogP contribution in [-0.4, -0.2) is 27.5 Å². The molecule has 6 rings (SSSR count). The molecule has 8 nitrogen and oxygen atoms in total. The van der Waals surface area contributed by atoms with Crippen LogP contribution in [0.4, 0.5) is 11.4 Å². The van der Waals surface area contributed by atoms with E-state index >= 15 is 0 Å². The van der Waals surface area contributed by atoms with Gasteiger partial charge in [0.2, 0.25) is 17.7 Å². The van der Waals surface area contributed by atoms with Crippen LogP contribution in [0.5, 0.6) is 0 Å². The summed E-state index contributed by atoms with van der Waals surface area (Å²) in [5.74, 6) is -1.87. The van der Waals surface area contributed by atoms with E-state index in [1.807, 2.05) is 44.2 Å². The number of hydrogen-bond donors (Lipinski definition) is 1. The minimum Gasteiger partial charge on any atom is -0.469 e. The molecule has 192 valence electrons. The number of thioether (sulfide) groups is 1. The summed E-state index contributed by atoms with van der Waals surface area (Å²) >= 11 is 2.17. The van der Waals surface area contributed by atoms with Gasteiger partial charge in [-0.1, -0.05) is 59.0 Å². The van der Waals surface area contributed by atoms with Crippen molar-refractivity contribution in [2.24, 2.45) is 5.92 Å². The molecule has 1 fully saturated rings. The molecule has 2 aliphatic rings. The number of rotatable bonds is 5. The van der Waals surface area contributed by atoms with E-state index in [2.05, 4.69) is 5.32 Å². The summed E-state index contributed by atoms with van der Waals surface area (Å²) in [6, 6.07) is 18.1. The predicted molar refractivity (Wildman–Crippen MR) is 146 cm³/mol. The van der Waals surface area contributed by atoms with Crippen molar-refractivity contribution in [1.82, 2.24) is 4.57 Å². The van der Waals surface area contributed by atoms with Gasteiger partial charge in [0, 0.05) is 5.69 Å². The standard InChI is InChI=1S/C28H23N3O5S2/c1-15-9-11-17(12-10-15)31-25(33)22-21(19-8-5-13-36-19)24-27(37-23(22)26(31)34)30(28(35)38-24)14-20(32)29-18-7-4-3-6-16(18)2/h3-13,21-23H,14H2,1-2H3,(H,29,32)/t21-,22?,23?/m1/s1. The summed E-state index contributed by atoms with van der Waals surface area (Å²) in [6.45, 7) is 3.62. The number of thiazole rings is 1. The van der Waals surface area contributed by atoms with Crippen LogP contribution >= 0.6 is 23.1 Å². The van der Waals surface area contributed by atoms with Crippen LogP contribution in [-0.2, 0) is 20.9 Å². The number of imide groups is 1. The van der Waals surface area contributed by atoms with Crippen LogP contribution in [0.1, 0.15) is 27.7 Å². The molecule has 38 heavy (non-hydrogen) atoms. The van der Waals surface area contributed by atoms with Crippen molar-refractivity contribution in [2.75, 3.05) is 10.2 Å². The molecule has 4 aromatic rings. The minimum absolute atomic E-state index is 0.210. The SMILES string of the molecule is Cc1ccc(N2C(=O)C3Sc4c(sc(=O)n4CC(=O)Nc4ccccc4C)[C@H](c4ccco4)C3C2=O)cc1. The third kappa shape index (κ3) is 4.00. The Labute approximate surface area is 226 Å². The third-order valence-electron chi connectivity index (χ3n) is 6.91. The third-order valence-corrected chi connectivity index (χ3v) is 9.52. The Bertz CT molecular complexity index is 1620. The molecule has 1 saturated heterocycles. The molecule has 2 aromatic heterocycles. The number of carbonyl (C=O) groups excluding carboxylic acids is 3. The number of carbonyl (C=O) groups is 3. The van der Waals surface area contributed by atoms with Crippen LogP contribution in [0.25, 0.3) is 0 Å². The number of benzene rings is 2. The van der Waals surface area contributed by atoms with E-state index in [-0.39, 0.29) is 29.1 Å². The highest BCUT2D eigenvalue weighted by atomic mass is 32.2. The van der Waals surface area contributed by atoms with E-state index in [0.29, 0.717) is 27.0 Å². The number of aryl methyl sites for hydroxylation is 2. The van der Waals surface area contributed by atoms with E-state index in [0.717, 1.165) is 22.5 Å². The van der Waals surface area contributed by atoms with Crippen LogP contribution < -0.4 is 15.1 Å². The lowest BCUT2D eigenvalue weighted by molar-refractivity contribution is -0.122. The van der Waals surface area contributed by atoms with Crippen LogP contribution in [0.15, 0.2) is 81.2 Å². The summed E-state index contributed by atoms with van der Waals surface area (Å²) in [5, 5.41) is 2.63. The lowest BCUT2D eigenvalue weighted by Crippen LogP contribution is -2.32. The molecule has 3 atom stereocenters. The fourth-order valence-electron chi connectivity index (χ4n) is 5.02. The molecular formula is C28H23N3O5S2. The van der Waals surface area contributed by atoms with Crippen molar-refractivity contribution in [3.63, 3.8) is 0 Å². The number of furan rings is 1. The fraction of sp³-hybridized carbons (Fsp3) is 0.214. The molecule has 0 radical (unpaired) electrons. The molecule has 3 amide bonds. The van der Waals surface area contributed by atoms with Gasteiger partial charge in [-0.25, -0.2) is 4.90 Å². The number of aromatic nitrogens is 1. The molecule has 2 aliphatic heterocycles. The average Bonchev–Trinajstić information content (AvgIpc) is 3.59. The Balaban J connectivity index is 1.39. The van der Waals surface area contributed by atoms with E-state index in [4.69, 9.17) is 4.42 Å². The highest BCUT2D eigenvalue weighted by molar-refractivity contribution is 8.00. The molecule has 0 saturated carbocycles. The van der Waals surface area contributed by atoms with Gasteiger partial charge in [0.1, 0.15) is 17.6 Å². The molecule has 2 aromatic carbocycles. The first-order valence-electron chi connectivity index (χ1n) is 12.1. The Morgan fingerprint density at radius 1 is 0.974 bits per heavy atom. The summed E-state index contributed by atoms with van der Waals surface area (Å²) in [4.78, 5) is 55.1. The van der Waals surface area contributed by atoms with E-state index in [9.17, 15) is 19.2 Å². The summed E-state index contributed by atoms with van der Waals surface area (Å²) in [7, 11) is 0. The van der Waals surface area contributed by atoms with Gasteiger partial charge >= 0.3 is 4.87 Å². The zero-order valence-electron chi connectivity index (χ0n) is 20.5. The van der Waals surface area contributed by atoms with Crippen molar-refractivity contribution in [1.29, 1.82) is 0 Å². The molecule has 1 N–H and O–H groups in total. The lowest BCUT2D eigenvalue weighted by atomic mass is 9.87. The lowest BCUT2D eigenvalue weighted by Gasteiger charge is -2.29. The number of nitrogens with zero attached hydrogens (tertiary/aromatic N) is 2. The monoisotopic (exact) mass is 545 g/mol. The first-order valence-corrected chi connectivity index (χ1v) is 13.8. The smallest absolute Gasteiger partial charge is 0.308 e. The number of hydrogen-bond acceptors (Lipinski definition) is 7. The molecule has 0 spiro atoms. The topological polar surface area (TPSA) is 102 Å². The van der Waals surface area contributed by atoms with Crippen molar-refractivity contribution >= 4 is 52.2 Å². The van der Waals surface area contributed by atoms with Gasteiger partial charge in [-0.2, -0.15) is 0 Å². The molecule has 2 unspecified atom stereocenters. The second-order valence-electron chi connectivity index (χ2n) is 9.39. The predicted octanol–water partition coefficient (Wildman–Crippen LogP) is 4.55. The van der Waals surface area contributed by atoms with Crippen LogP contribution in [0, 0.1) is 19.8 Å². The van der Waals surface area contributed by atoms with Gasteiger partial charge in [0.05, 0.1) is 33.7 Å². The van der Waals surface area contributed by atoms with Crippen molar-refractivity contribution < 1.29 is 18.8 Å². The largest absolute Gasteiger partial charge is 0.469 e. The maximum Gasteiger partial charge on any atom is 0.308 e. The molecule has 0 aliphatic carbocycles. The molecule has 4 heterocycles. The maximum atomic E-state index is 13.8. The number of amides is 3. The van der Waals surface area contributed by atoms with E-state index in [1.165, 1.54) is 27.5 Å². The second-order valence-corrected chi connectivity index (χ2v) is 11.5. The summed E-state index contributed by atoms with van der Waals surface area (Å²) in [6.07, 6.45) is 1.51. The summed E-state index contributed by atoms with van der Waals surface area (Å²) < 4.78 is 7.13. The Kier molecular flexibility index (Phi) is 6.08. The van der Waals surface area contributed by atoms with Crippen LogP contribution in [0.3, 0.4) is 0 Å². The van der Waals surface area contributed by atoms with Gasteiger partial charge < -0.3 is 9.73 Å². The normalized spacial score (nSPS) is 20.4. The van der Waals surface area contributed by atoms with E-state index < -0.39 is 17.1 Å². The quantitative estimate of drug-likeness (QED) is 0.369. The fourth-order valence-corrected chi connectivity index (χ4v) is 7.78. The molecule has 10 heteroatoms. The second kappa shape index (κ2) is 9.45. The zero-order valence-corrected chi connectivity index (χ0v) is 22.2. The highest BCUT2D eigenvalue weighted by Gasteiger charge is 2.57. The van der Waals surface area contributed by atoms with Gasteiger partial charge in [-0.05, 0) is 49.7 Å². The van der Waals surface area contributed by atoms with E-state index in [1.54, 1.807) is 30.3 Å². The van der Waals surface area contributed by atoms with Gasteiger partial charge in [0.15, 0.2) is 0 Å².